The molecule has 4 nitrogen and oxygen atoms in total. The molecule has 20 heavy (non-hydrogen) atoms. The zero-order chi connectivity index (χ0) is 14.5. The van der Waals surface area contributed by atoms with Crippen LogP contribution in [0.25, 0.3) is 6.08 Å². The van der Waals surface area contributed by atoms with Crippen LogP contribution >= 0.6 is 0 Å². The lowest BCUT2D eigenvalue weighted by Crippen LogP contribution is -2.13. The summed E-state index contributed by atoms with van der Waals surface area (Å²) in [6, 6.07) is 5.56. The van der Waals surface area contributed by atoms with Gasteiger partial charge in [0.1, 0.15) is 11.5 Å². The minimum Gasteiger partial charge on any atom is -0.497 e. The van der Waals surface area contributed by atoms with E-state index in [4.69, 9.17) is 15.2 Å². The number of allylic oxidation sites excluding steroid dienone is 2. The number of rotatable bonds is 3. The van der Waals surface area contributed by atoms with E-state index in [-0.39, 0.29) is 5.78 Å². The number of carbonyl (C=O) groups is 1. The highest BCUT2D eigenvalue weighted by Gasteiger charge is 2.20. The number of hydrogen-bond acceptors (Lipinski definition) is 4. The summed E-state index contributed by atoms with van der Waals surface area (Å²) in [6.07, 6.45) is 5.78. The maximum Gasteiger partial charge on any atom is 0.186 e. The normalized spacial score (nSPS) is 19.4. The van der Waals surface area contributed by atoms with Gasteiger partial charge in [0, 0.05) is 23.4 Å². The fraction of sp³-hybridized carbons (Fsp3) is 0.312. The fourth-order valence-corrected chi connectivity index (χ4v) is 2.31. The van der Waals surface area contributed by atoms with Gasteiger partial charge in [-0.2, -0.15) is 0 Å². The first kappa shape index (κ1) is 14.2. The Morgan fingerprint density at radius 3 is 2.20 bits per heavy atom. The molecule has 0 radical (unpaired) electrons. The molecule has 1 aromatic rings. The van der Waals surface area contributed by atoms with Gasteiger partial charge in [-0.1, -0.05) is 0 Å². The molecule has 106 valence electrons. The van der Waals surface area contributed by atoms with Crippen molar-refractivity contribution in [3.05, 3.63) is 41.1 Å². The van der Waals surface area contributed by atoms with Gasteiger partial charge in [0.15, 0.2) is 5.78 Å². The number of ether oxygens (including phenoxy) is 2. The zero-order valence-corrected chi connectivity index (χ0v) is 11.8. The van der Waals surface area contributed by atoms with Crippen molar-refractivity contribution in [2.75, 3.05) is 14.2 Å². The predicted octanol–water partition coefficient (Wildman–Crippen LogP) is 2.68. The first-order chi connectivity index (χ1) is 9.67. The van der Waals surface area contributed by atoms with Crippen molar-refractivity contribution in [1.82, 2.24) is 0 Å². The van der Waals surface area contributed by atoms with E-state index in [1.165, 1.54) is 6.20 Å². The van der Waals surface area contributed by atoms with E-state index < -0.39 is 0 Å². The van der Waals surface area contributed by atoms with Gasteiger partial charge in [-0.15, -0.1) is 0 Å². The lowest BCUT2D eigenvalue weighted by molar-refractivity contribution is -0.112. The molecular weight excluding hydrogens is 254 g/mol. The van der Waals surface area contributed by atoms with Gasteiger partial charge < -0.3 is 15.2 Å². The summed E-state index contributed by atoms with van der Waals surface area (Å²) in [5, 5.41) is 0. The van der Waals surface area contributed by atoms with E-state index in [1.807, 2.05) is 18.2 Å². The van der Waals surface area contributed by atoms with Crippen LogP contribution in [-0.4, -0.2) is 20.0 Å². The first-order valence-corrected chi connectivity index (χ1v) is 6.57. The Morgan fingerprint density at radius 2 is 1.65 bits per heavy atom. The molecule has 1 saturated carbocycles. The summed E-state index contributed by atoms with van der Waals surface area (Å²) in [5.41, 5.74) is 7.85. The van der Waals surface area contributed by atoms with E-state index >= 15 is 0 Å². The summed E-state index contributed by atoms with van der Waals surface area (Å²) in [6.45, 7) is 0. The number of hydrogen-bond donors (Lipinski definition) is 1. The van der Waals surface area contributed by atoms with Crippen LogP contribution in [0.15, 0.2) is 35.5 Å². The number of carbonyl (C=O) groups excluding carboxylic acids is 1. The van der Waals surface area contributed by atoms with Crippen LogP contribution in [0.2, 0.25) is 0 Å². The summed E-state index contributed by atoms with van der Waals surface area (Å²) in [5.74, 6) is 1.45. The molecule has 1 aliphatic rings. The van der Waals surface area contributed by atoms with Gasteiger partial charge in [-0.3, -0.25) is 4.79 Å². The lowest BCUT2D eigenvalue weighted by atomic mass is 9.88. The third-order valence-corrected chi connectivity index (χ3v) is 3.39. The smallest absolute Gasteiger partial charge is 0.186 e. The predicted molar refractivity (Wildman–Crippen MR) is 78.7 cm³/mol. The summed E-state index contributed by atoms with van der Waals surface area (Å²) < 4.78 is 10.5. The largest absolute Gasteiger partial charge is 0.497 e. The second kappa shape index (κ2) is 6.28. The molecule has 0 amide bonds. The monoisotopic (exact) mass is 273 g/mol. The van der Waals surface area contributed by atoms with Crippen molar-refractivity contribution in [2.45, 2.75) is 19.3 Å². The molecule has 0 atom stereocenters. The van der Waals surface area contributed by atoms with Crippen LogP contribution in [0.3, 0.4) is 0 Å². The Balaban J connectivity index is 2.36. The molecule has 0 aromatic heterocycles. The maximum atomic E-state index is 12.2. The summed E-state index contributed by atoms with van der Waals surface area (Å²) >= 11 is 0. The molecule has 4 heteroatoms. The molecule has 1 aromatic carbocycles. The Bertz CT molecular complexity index is 551. The van der Waals surface area contributed by atoms with Crippen LogP contribution in [0.5, 0.6) is 11.5 Å². The highest BCUT2D eigenvalue weighted by Crippen LogP contribution is 2.28. The van der Waals surface area contributed by atoms with Crippen LogP contribution < -0.4 is 15.2 Å². The molecule has 2 N–H and O–H groups in total. The fourth-order valence-electron chi connectivity index (χ4n) is 2.31. The third-order valence-electron chi connectivity index (χ3n) is 3.39. The Hall–Kier alpha value is -2.23. The summed E-state index contributed by atoms with van der Waals surface area (Å²) in [4.78, 5) is 12.2. The third kappa shape index (κ3) is 3.02. The van der Waals surface area contributed by atoms with Gasteiger partial charge in [-0.25, -0.2) is 0 Å². The van der Waals surface area contributed by atoms with Crippen LogP contribution in [0.4, 0.5) is 0 Å². The Labute approximate surface area is 118 Å². The quantitative estimate of drug-likeness (QED) is 0.860. The van der Waals surface area contributed by atoms with Crippen molar-refractivity contribution in [3.63, 3.8) is 0 Å². The van der Waals surface area contributed by atoms with E-state index in [1.54, 1.807) is 20.3 Å². The average Bonchev–Trinajstić information content (AvgIpc) is 2.49. The molecule has 0 saturated heterocycles. The van der Waals surface area contributed by atoms with E-state index in [2.05, 4.69) is 0 Å². The van der Waals surface area contributed by atoms with Crippen LogP contribution in [0.1, 0.15) is 24.8 Å². The van der Waals surface area contributed by atoms with Gasteiger partial charge in [0.2, 0.25) is 0 Å². The van der Waals surface area contributed by atoms with Gasteiger partial charge >= 0.3 is 0 Å². The van der Waals surface area contributed by atoms with Crippen molar-refractivity contribution < 1.29 is 14.3 Å². The standard InChI is InChI=1S/C16H19NO3/c1-19-14-7-11(8-15(9-14)20-2)6-12-4-3-5-13(10-17)16(12)18/h6-10H,3-5,17H2,1-2H3/b12-6+,13-10+. The molecule has 1 fully saturated rings. The van der Waals surface area contributed by atoms with Crippen molar-refractivity contribution in [3.8, 4) is 11.5 Å². The van der Waals surface area contributed by atoms with Crippen molar-refractivity contribution >= 4 is 11.9 Å². The second-order valence-electron chi connectivity index (χ2n) is 4.69. The van der Waals surface area contributed by atoms with E-state index in [9.17, 15) is 4.79 Å². The van der Waals surface area contributed by atoms with Crippen LogP contribution in [0, 0.1) is 0 Å². The highest BCUT2D eigenvalue weighted by molar-refractivity contribution is 6.11. The second-order valence-corrected chi connectivity index (χ2v) is 4.69. The molecule has 0 unspecified atom stereocenters. The maximum absolute atomic E-state index is 12.2. The number of benzene rings is 1. The highest BCUT2D eigenvalue weighted by atomic mass is 16.5. The average molecular weight is 273 g/mol. The van der Waals surface area contributed by atoms with Gasteiger partial charge in [-0.05, 0) is 43.0 Å². The van der Waals surface area contributed by atoms with E-state index in [0.717, 1.165) is 30.4 Å². The van der Waals surface area contributed by atoms with Crippen molar-refractivity contribution in [1.29, 1.82) is 0 Å². The van der Waals surface area contributed by atoms with Gasteiger partial charge in [0.25, 0.3) is 0 Å². The minimum absolute atomic E-state index is 0.0422. The number of nitrogens with two attached hydrogens (primary N) is 1. The number of methoxy groups -OCH3 is 2. The Kier molecular flexibility index (Phi) is 4.45. The molecular formula is C16H19NO3. The minimum atomic E-state index is 0.0422. The summed E-state index contributed by atoms with van der Waals surface area (Å²) in [7, 11) is 3.21. The molecule has 2 rings (SSSR count). The molecule has 0 bridgehead atoms. The van der Waals surface area contributed by atoms with Gasteiger partial charge in [0.05, 0.1) is 14.2 Å². The number of ketones is 1. The molecule has 0 aliphatic heterocycles. The zero-order valence-electron chi connectivity index (χ0n) is 11.8. The number of Topliss-reactive ketones (excluding diaryl/α,β-unsaturated/α-hetero) is 1. The molecule has 0 spiro atoms. The van der Waals surface area contributed by atoms with E-state index in [0.29, 0.717) is 17.1 Å². The van der Waals surface area contributed by atoms with Crippen molar-refractivity contribution in [2.24, 2.45) is 5.73 Å². The molecule has 1 aliphatic carbocycles. The SMILES string of the molecule is COc1cc(/C=C2\CCC/C(=C\N)C2=O)cc(OC)c1. The lowest BCUT2D eigenvalue weighted by Gasteiger charge is -2.16. The van der Waals surface area contributed by atoms with Crippen LogP contribution in [-0.2, 0) is 4.79 Å². The Morgan fingerprint density at radius 1 is 1.05 bits per heavy atom. The first-order valence-electron chi connectivity index (χ1n) is 6.57. The molecule has 0 heterocycles. The topological polar surface area (TPSA) is 61.5 Å².